The predicted molar refractivity (Wildman–Crippen MR) is 111 cm³/mol. The van der Waals surface area contributed by atoms with Crippen molar-refractivity contribution in [3.8, 4) is 0 Å². The first-order chi connectivity index (χ1) is 14.3. The number of nitrogens with zero attached hydrogens (tertiary/aromatic N) is 4. The second-order valence-electron chi connectivity index (χ2n) is 6.83. The van der Waals surface area contributed by atoms with Crippen LogP contribution in [0.2, 0.25) is 0 Å². The molecule has 1 aliphatic heterocycles. The molecule has 0 saturated carbocycles. The number of morpholine rings is 1. The minimum Gasteiger partial charge on any atom is -0.378 e. The van der Waals surface area contributed by atoms with Crippen LogP contribution in [0.5, 0.6) is 0 Å². The molecule has 2 N–H and O–H groups in total. The number of pyridine rings is 1. The van der Waals surface area contributed by atoms with Crippen LogP contribution in [-0.4, -0.2) is 46.9 Å². The van der Waals surface area contributed by atoms with Gasteiger partial charge in [-0.1, -0.05) is 18.2 Å². The number of ether oxygens (including phenoxy) is 1. The van der Waals surface area contributed by atoms with Gasteiger partial charge in [0.15, 0.2) is 0 Å². The Balaban J connectivity index is 1.35. The molecule has 0 unspecified atom stereocenters. The SMILES string of the molecule is O=C(NCc1cccnc1N1CCOCC1)Nc1cccc(Cn2ccnc2)c1. The number of rotatable bonds is 6. The number of hydrogen-bond acceptors (Lipinski definition) is 5. The van der Waals surface area contributed by atoms with Gasteiger partial charge in [0.05, 0.1) is 19.5 Å². The Morgan fingerprint density at radius 3 is 2.86 bits per heavy atom. The average Bonchev–Trinajstić information content (AvgIpc) is 3.26. The lowest BCUT2D eigenvalue weighted by atomic mass is 10.2. The molecule has 3 aromatic rings. The second kappa shape index (κ2) is 9.20. The van der Waals surface area contributed by atoms with Crippen molar-refractivity contribution < 1.29 is 9.53 Å². The van der Waals surface area contributed by atoms with Crippen LogP contribution >= 0.6 is 0 Å². The summed E-state index contributed by atoms with van der Waals surface area (Å²) in [6, 6.07) is 11.4. The topological polar surface area (TPSA) is 84.3 Å². The van der Waals surface area contributed by atoms with Crippen LogP contribution in [-0.2, 0) is 17.8 Å². The summed E-state index contributed by atoms with van der Waals surface area (Å²) in [5, 5.41) is 5.83. The molecule has 0 radical (unpaired) electrons. The van der Waals surface area contributed by atoms with Crippen molar-refractivity contribution in [2.75, 3.05) is 36.5 Å². The van der Waals surface area contributed by atoms with Gasteiger partial charge in [-0.15, -0.1) is 0 Å². The summed E-state index contributed by atoms with van der Waals surface area (Å²) in [6.45, 7) is 4.11. The lowest BCUT2D eigenvalue weighted by Gasteiger charge is -2.29. The number of anilines is 2. The minimum absolute atomic E-state index is 0.249. The Kier molecular flexibility index (Phi) is 6.01. The molecule has 0 aliphatic carbocycles. The predicted octanol–water partition coefficient (Wildman–Crippen LogP) is 2.48. The maximum Gasteiger partial charge on any atom is 0.319 e. The molecule has 1 fully saturated rings. The van der Waals surface area contributed by atoms with Crippen molar-refractivity contribution in [2.24, 2.45) is 0 Å². The Morgan fingerprint density at radius 1 is 1.14 bits per heavy atom. The van der Waals surface area contributed by atoms with Crippen LogP contribution in [0.3, 0.4) is 0 Å². The fraction of sp³-hybridized carbons (Fsp3) is 0.286. The number of aromatic nitrogens is 3. The summed E-state index contributed by atoms with van der Waals surface area (Å²) in [4.78, 5) is 23.2. The van der Waals surface area contributed by atoms with Crippen LogP contribution < -0.4 is 15.5 Å². The smallest absolute Gasteiger partial charge is 0.319 e. The van der Waals surface area contributed by atoms with Crippen LogP contribution in [0.1, 0.15) is 11.1 Å². The third-order valence-corrected chi connectivity index (χ3v) is 4.73. The fourth-order valence-electron chi connectivity index (χ4n) is 3.32. The number of nitrogens with one attached hydrogen (secondary N) is 2. The molecule has 0 spiro atoms. The van der Waals surface area contributed by atoms with E-state index in [2.05, 4.69) is 25.5 Å². The number of hydrogen-bond donors (Lipinski definition) is 2. The highest BCUT2D eigenvalue weighted by atomic mass is 16.5. The summed E-state index contributed by atoms with van der Waals surface area (Å²) in [6.07, 6.45) is 7.21. The molecular weight excluding hydrogens is 368 g/mol. The Bertz CT molecular complexity index is 938. The molecule has 0 atom stereocenters. The molecule has 29 heavy (non-hydrogen) atoms. The number of amides is 2. The van der Waals surface area contributed by atoms with Crippen molar-refractivity contribution in [3.05, 3.63) is 72.4 Å². The van der Waals surface area contributed by atoms with E-state index < -0.39 is 0 Å². The van der Waals surface area contributed by atoms with E-state index in [0.29, 0.717) is 26.3 Å². The summed E-state index contributed by atoms with van der Waals surface area (Å²) in [7, 11) is 0. The molecule has 1 aliphatic rings. The first-order valence-electron chi connectivity index (χ1n) is 9.64. The van der Waals surface area contributed by atoms with Gasteiger partial charge in [0.2, 0.25) is 0 Å². The number of carbonyl (C=O) groups is 1. The van der Waals surface area contributed by atoms with E-state index in [1.807, 2.05) is 47.2 Å². The molecule has 150 valence electrons. The van der Waals surface area contributed by atoms with Gasteiger partial charge >= 0.3 is 6.03 Å². The van der Waals surface area contributed by atoms with Crippen molar-refractivity contribution in [1.29, 1.82) is 0 Å². The van der Waals surface area contributed by atoms with Gasteiger partial charge in [0.25, 0.3) is 0 Å². The molecule has 0 bridgehead atoms. The van der Waals surface area contributed by atoms with Crippen LogP contribution in [0.25, 0.3) is 0 Å². The second-order valence-corrected chi connectivity index (χ2v) is 6.83. The molecule has 1 saturated heterocycles. The molecule has 1 aromatic carbocycles. The van der Waals surface area contributed by atoms with Crippen molar-refractivity contribution in [3.63, 3.8) is 0 Å². The standard InChI is InChI=1S/C21H24N6O2/c28-21(25-19-5-1-3-17(13-19)15-26-8-7-22-16-26)24-14-18-4-2-6-23-20(18)27-9-11-29-12-10-27/h1-8,13,16H,9-12,14-15H2,(H2,24,25,28). The molecule has 8 heteroatoms. The minimum atomic E-state index is -0.249. The lowest BCUT2D eigenvalue weighted by Crippen LogP contribution is -2.38. The summed E-state index contributed by atoms with van der Waals surface area (Å²) < 4.78 is 7.39. The van der Waals surface area contributed by atoms with Crippen molar-refractivity contribution in [2.45, 2.75) is 13.1 Å². The zero-order valence-electron chi connectivity index (χ0n) is 16.1. The highest BCUT2D eigenvalue weighted by Gasteiger charge is 2.16. The molecular formula is C21H24N6O2. The highest BCUT2D eigenvalue weighted by Crippen LogP contribution is 2.18. The number of carbonyl (C=O) groups excluding carboxylic acids is 1. The van der Waals surface area contributed by atoms with Gasteiger partial charge in [-0.2, -0.15) is 0 Å². The van der Waals surface area contributed by atoms with Gasteiger partial charge in [0.1, 0.15) is 5.82 Å². The first kappa shape index (κ1) is 18.9. The van der Waals surface area contributed by atoms with Gasteiger partial charge in [-0.05, 0) is 23.8 Å². The highest BCUT2D eigenvalue weighted by molar-refractivity contribution is 5.89. The molecule has 2 amide bonds. The van der Waals surface area contributed by atoms with Gasteiger partial charge in [-0.3, -0.25) is 0 Å². The quantitative estimate of drug-likeness (QED) is 0.673. The van der Waals surface area contributed by atoms with Gasteiger partial charge < -0.3 is 24.8 Å². The van der Waals surface area contributed by atoms with Crippen molar-refractivity contribution >= 4 is 17.5 Å². The van der Waals surface area contributed by atoms with Gasteiger partial charge in [0, 0.05) is 56.0 Å². The van der Waals surface area contributed by atoms with E-state index in [0.717, 1.165) is 35.7 Å². The summed E-state index contributed by atoms with van der Waals surface area (Å²) in [5.74, 6) is 0.901. The van der Waals surface area contributed by atoms with E-state index >= 15 is 0 Å². The average molecular weight is 392 g/mol. The molecule has 2 aromatic heterocycles. The third kappa shape index (κ3) is 5.11. The number of urea groups is 1. The van der Waals surface area contributed by atoms with Crippen LogP contribution in [0, 0.1) is 0 Å². The number of benzene rings is 1. The Morgan fingerprint density at radius 2 is 2.03 bits per heavy atom. The van der Waals surface area contributed by atoms with E-state index in [4.69, 9.17) is 4.74 Å². The van der Waals surface area contributed by atoms with Crippen molar-refractivity contribution in [1.82, 2.24) is 19.9 Å². The van der Waals surface area contributed by atoms with Crippen LogP contribution in [0.4, 0.5) is 16.3 Å². The zero-order valence-corrected chi connectivity index (χ0v) is 16.1. The maximum absolute atomic E-state index is 12.4. The normalized spacial score (nSPS) is 13.9. The van der Waals surface area contributed by atoms with E-state index in [9.17, 15) is 4.79 Å². The molecule has 3 heterocycles. The van der Waals surface area contributed by atoms with E-state index in [1.165, 1.54) is 0 Å². The first-order valence-corrected chi connectivity index (χ1v) is 9.64. The Hall–Kier alpha value is -3.39. The summed E-state index contributed by atoms with van der Waals surface area (Å²) >= 11 is 0. The third-order valence-electron chi connectivity index (χ3n) is 4.73. The zero-order chi connectivity index (χ0) is 19.9. The van der Waals surface area contributed by atoms with Gasteiger partial charge in [-0.25, -0.2) is 14.8 Å². The monoisotopic (exact) mass is 392 g/mol. The van der Waals surface area contributed by atoms with Crippen LogP contribution in [0.15, 0.2) is 61.3 Å². The largest absolute Gasteiger partial charge is 0.378 e. The Labute approximate surface area is 169 Å². The number of imidazole rings is 1. The fourth-order valence-corrected chi connectivity index (χ4v) is 3.32. The maximum atomic E-state index is 12.4. The molecule has 4 rings (SSSR count). The van der Waals surface area contributed by atoms with E-state index in [1.54, 1.807) is 18.7 Å². The lowest BCUT2D eigenvalue weighted by molar-refractivity contribution is 0.122. The summed E-state index contributed by atoms with van der Waals surface area (Å²) in [5.41, 5.74) is 2.82. The molecule has 8 nitrogen and oxygen atoms in total. The van der Waals surface area contributed by atoms with E-state index in [-0.39, 0.29) is 6.03 Å².